The average molecular weight is 512 g/mol. The van der Waals surface area contributed by atoms with Crippen LogP contribution in [-0.2, 0) is 9.59 Å². The van der Waals surface area contributed by atoms with Crippen LogP contribution in [0.15, 0.2) is 61.3 Å². The van der Waals surface area contributed by atoms with Gasteiger partial charge in [0.2, 0.25) is 0 Å². The van der Waals surface area contributed by atoms with Gasteiger partial charge in [-0.1, -0.05) is 34.1 Å². The topological polar surface area (TPSA) is 88.0 Å². The van der Waals surface area contributed by atoms with E-state index in [0.717, 1.165) is 8.95 Å². The summed E-state index contributed by atoms with van der Waals surface area (Å²) < 4.78 is 6.87. The minimum absolute atomic E-state index is 0.280. The molecule has 0 spiro atoms. The third kappa shape index (κ3) is 5.21. The van der Waals surface area contributed by atoms with Crippen molar-refractivity contribution < 1.29 is 19.4 Å². The van der Waals surface area contributed by atoms with E-state index < -0.39 is 12.6 Å². The number of benzene rings is 2. The number of para-hydroxylation sites is 1. The van der Waals surface area contributed by atoms with Gasteiger partial charge in [-0.2, -0.15) is 0 Å². The summed E-state index contributed by atoms with van der Waals surface area (Å²) in [6.45, 7) is -0.472. The number of halogens is 2. The van der Waals surface area contributed by atoms with E-state index in [4.69, 9.17) is 9.84 Å². The molecule has 9 heteroatoms. The lowest BCUT2D eigenvalue weighted by Crippen LogP contribution is -2.19. The Balaban J connectivity index is 1.87. The molecule has 1 saturated heterocycles. The molecule has 0 saturated carbocycles. The third-order valence-electron chi connectivity index (χ3n) is 3.34. The van der Waals surface area contributed by atoms with Gasteiger partial charge >= 0.3 is 5.97 Å². The number of hydrogen-bond donors (Lipinski definition) is 2. The van der Waals surface area contributed by atoms with Gasteiger partial charge in [0.05, 0.1) is 10.6 Å². The largest absolute Gasteiger partial charge is 0.481 e. The van der Waals surface area contributed by atoms with Crippen LogP contribution in [0.25, 0.3) is 6.08 Å². The Morgan fingerprint density at radius 3 is 2.78 bits per heavy atom. The number of nitrogens with one attached hydrogen (secondary N) is 1. The number of amides is 1. The van der Waals surface area contributed by atoms with Gasteiger partial charge in [-0.25, -0.2) is 9.79 Å². The SMILES string of the molecule is O=C(O)COc1cc(Br)ccc1/C=C1/SC(=Nc2ccccc2Br)NC1=O. The Morgan fingerprint density at radius 2 is 2.04 bits per heavy atom. The van der Waals surface area contributed by atoms with Crippen molar-refractivity contribution in [3.8, 4) is 5.75 Å². The smallest absolute Gasteiger partial charge is 0.341 e. The molecule has 0 aromatic heterocycles. The molecule has 2 aromatic carbocycles. The average Bonchev–Trinajstić information content (AvgIpc) is 2.96. The van der Waals surface area contributed by atoms with Crippen molar-refractivity contribution in [1.82, 2.24) is 5.32 Å². The van der Waals surface area contributed by atoms with Crippen LogP contribution in [0.4, 0.5) is 5.69 Å². The van der Waals surface area contributed by atoms with Crippen molar-refractivity contribution in [2.45, 2.75) is 0 Å². The fraction of sp³-hybridized carbons (Fsp3) is 0.0556. The summed E-state index contributed by atoms with van der Waals surface area (Å²) in [5.74, 6) is -0.994. The van der Waals surface area contributed by atoms with E-state index in [-0.39, 0.29) is 5.91 Å². The number of carboxylic acid groups (broad SMARTS) is 1. The van der Waals surface area contributed by atoms with E-state index in [1.54, 1.807) is 24.3 Å². The third-order valence-corrected chi connectivity index (χ3v) is 5.41. The zero-order valence-electron chi connectivity index (χ0n) is 13.6. The normalized spacial score (nSPS) is 16.6. The van der Waals surface area contributed by atoms with E-state index >= 15 is 0 Å². The fourth-order valence-electron chi connectivity index (χ4n) is 2.17. The molecule has 1 aliphatic heterocycles. The number of carbonyl (C=O) groups is 2. The molecule has 2 N–H and O–H groups in total. The first-order chi connectivity index (χ1) is 12.9. The highest BCUT2D eigenvalue weighted by molar-refractivity contribution is 9.10. The molecule has 0 bridgehead atoms. The van der Waals surface area contributed by atoms with Crippen LogP contribution < -0.4 is 10.1 Å². The number of amidine groups is 1. The van der Waals surface area contributed by atoms with Crippen molar-refractivity contribution >= 4 is 72.4 Å². The van der Waals surface area contributed by atoms with Crippen LogP contribution in [0.3, 0.4) is 0 Å². The van der Waals surface area contributed by atoms with Gasteiger partial charge in [0.25, 0.3) is 5.91 Å². The summed E-state index contributed by atoms with van der Waals surface area (Å²) in [6.07, 6.45) is 1.65. The summed E-state index contributed by atoms with van der Waals surface area (Å²) in [4.78, 5) is 27.9. The number of nitrogens with zero attached hydrogens (tertiary/aromatic N) is 1. The van der Waals surface area contributed by atoms with Crippen LogP contribution in [0.2, 0.25) is 0 Å². The molecule has 6 nitrogen and oxygen atoms in total. The molecule has 1 heterocycles. The maximum absolute atomic E-state index is 12.3. The lowest BCUT2D eigenvalue weighted by atomic mass is 10.2. The lowest BCUT2D eigenvalue weighted by molar-refractivity contribution is -0.139. The van der Waals surface area contributed by atoms with Crippen molar-refractivity contribution in [3.05, 3.63) is 61.9 Å². The number of hydrogen-bond acceptors (Lipinski definition) is 5. The number of carbonyl (C=O) groups excluding carboxylic acids is 1. The van der Waals surface area contributed by atoms with Crippen molar-refractivity contribution in [3.63, 3.8) is 0 Å². The van der Waals surface area contributed by atoms with E-state index in [1.807, 2.05) is 24.3 Å². The Kier molecular flexibility index (Phi) is 6.35. The predicted octanol–water partition coefficient (Wildman–Crippen LogP) is 4.57. The van der Waals surface area contributed by atoms with E-state index in [9.17, 15) is 9.59 Å². The fourth-order valence-corrected chi connectivity index (χ4v) is 3.70. The maximum Gasteiger partial charge on any atom is 0.341 e. The van der Waals surface area contributed by atoms with Gasteiger partial charge in [-0.3, -0.25) is 4.79 Å². The molecule has 0 radical (unpaired) electrons. The quantitative estimate of drug-likeness (QED) is 0.574. The van der Waals surface area contributed by atoms with Gasteiger partial charge < -0.3 is 15.2 Å². The van der Waals surface area contributed by atoms with Gasteiger partial charge in [0.15, 0.2) is 11.8 Å². The second-order valence-corrected chi connectivity index (χ2v) is 8.10. The molecule has 3 rings (SSSR count). The van der Waals surface area contributed by atoms with Crippen LogP contribution in [0, 0.1) is 0 Å². The number of thioether (sulfide) groups is 1. The number of ether oxygens (including phenoxy) is 1. The number of rotatable bonds is 5. The van der Waals surface area contributed by atoms with Gasteiger partial charge in [0, 0.05) is 14.5 Å². The molecule has 1 amide bonds. The molecule has 2 aromatic rings. The zero-order chi connectivity index (χ0) is 19.4. The molecular weight excluding hydrogens is 500 g/mol. The molecule has 0 unspecified atom stereocenters. The Hall–Kier alpha value is -2.10. The Labute approximate surface area is 176 Å². The minimum atomic E-state index is -1.08. The van der Waals surface area contributed by atoms with Crippen molar-refractivity contribution in [2.75, 3.05) is 6.61 Å². The molecule has 1 aliphatic rings. The van der Waals surface area contributed by atoms with Crippen molar-refractivity contribution in [2.24, 2.45) is 4.99 Å². The summed E-state index contributed by atoms with van der Waals surface area (Å²) >= 11 is 7.95. The molecule has 0 atom stereocenters. The Bertz CT molecular complexity index is 976. The summed E-state index contributed by atoms with van der Waals surface area (Å²) in [6, 6.07) is 12.6. The summed E-state index contributed by atoms with van der Waals surface area (Å²) in [5, 5.41) is 12.0. The first kappa shape index (κ1) is 19.7. The van der Waals surface area contributed by atoms with Gasteiger partial charge in [0.1, 0.15) is 5.75 Å². The van der Waals surface area contributed by atoms with E-state index in [1.165, 1.54) is 11.8 Å². The molecule has 138 valence electrons. The monoisotopic (exact) mass is 510 g/mol. The van der Waals surface area contributed by atoms with Gasteiger partial charge in [-0.15, -0.1) is 0 Å². The lowest BCUT2D eigenvalue weighted by Gasteiger charge is -2.08. The molecular formula is C18H12Br2N2O4S. The number of aliphatic imine (C=N–C) groups is 1. The standard InChI is InChI=1S/C18H12Br2N2O4S/c19-11-6-5-10(14(8-11)26-9-16(23)24)7-15-17(25)22-18(27-15)21-13-4-2-1-3-12(13)20/h1-8H,9H2,(H,23,24)(H,21,22,25)/b15-7+. The van der Waals surface area contributed by atoms with Gasteiger partial charge in [-0.05, 0) is 58.0 Å². The highest BCUT2D eigenvalue weighted by atomic mass is 79.9. The summed E-state index contributed by atoms with van der Waals surface area (Å²) in [5.41, 5.74) is 1.30. The summed E-state index contributed by atoms with van der Waals surface area (Å²) in [7, 11) is 0. The zero-order valence-corrected chi connectivity index (χ0v) is 17.6. The highest BCUT2D eigenvalue weighted by Crippen LogP contribution is 2.33. The first-order valence-electron chi connectivity index (χ1n) is 7.60. The molecule has 1 fully saturated rings. The number of carboxylic acids is 1. The maximum atomic E-state index is 12.3. The second kappa shape index (κ2) is 8.73. The molecule has 27 heavy (non-hydrogen) atoms. The number of aliphatic carboxylic acids is 1. The van der Waals surface area contributed by atoms with Crippen molar-refractivity contribution in [1.29, 1.82) is 0 Å². The van der Waals surface area contributed by atoms with Crippen LogP contribution >= 0.6 is 43.6 Å². The second-order valence-electron chi connectivity index (χ2n) is 5.30. The van der Waals surface area contributed by atoms with Crippen LogP contribution in [0.1, 0.15) is 5.56 Å². The van der Waals surface area contributed by atoms with Crippen LogP contribution in [0.5, 0.6) is 5.75 Å². The predicted molar refractivity (Wildman–Crippen MR) is 112 cm³/mol. The van der Waals surface area contributed by atoms with Crippen LogP contribution in [-0.4, -0.2) is 28.8 Å². The van der Waals surface area contributed by atoms with E-state index in [2.05, 4.69) is 42.2 Å². The van der Waals surface area contributed by atoms with E-state index in [0.29, 0.717) is 27.1 Å². The molecule has 0 aliphatic carbocycles. The highest BCUT2D eigenvalue weighted by Gasteiger charge is 2.24. The Morgan fingerprint density at radius 1 is 1.26 bits per heavy atom. The minimum Gasteiger partial charge on any atom is -0.481 e. The first-order valence-corrected chi connectivity index (χ1v) is 10.0.